The van der Waals surface area contributed by atoms with Crippen LogP contribution in [0.15, 0.2) is 24.3 Å². The highest BCUT2D eigenvalue weighted by Gasteiger charge is 2.20. The molecule has 1 aliphatic heterocycles. The molecule has 0 radical (unpaired) electrons. The van der Waals surface area contributed by atoms with Crippen LogP contribution in [-0.4, -0.2) is 50.6 Å². The fraction of sp³-hybridized carbons (Fsp3) is 0.588. The van der Waals surface area contributed by atoms with E-state index in [0.717, 1.165) is 49.6 Å². The van der Waals surface area contributed by atoms with Gasteiger partial charge in [-0.1, -0.05) is 23.7 Å². The minimum atomic E-state index is 0.204. The van der Waals surface area contributed by atoms with Gasteiger partial charge in [0.15, 0.2) is 0 Å². The molecule has 1 saturated heterocycles. The Kier molecular flexibility index (Phi) is 6.52. The molecule has 0 unspecified atom stereocenters. The zero-order chi connectivity index (χ0) is 15.9. The Hall–Kier alpha value is -1.26. The highest BCUT2D eigenvalue weighted by Crippen LogP contribution is 2.27. The summed E-state index contributed by atoms with van der Waals surface area (Å²) in [7, 11) is 3.61. The van der Waals surface area contributed by atoms with E-state index < -0.39 is 0 Å². The minimum Gasteiger partial charge on any atom is -0.370 e. The van der Waals surface area contributed by atoms with E-state index in [9.17, 15) is 4.79 Å². The van der Waals surface area contributed by atoms with Gasteiger partial charge >= 0.3 is 0 Å². The fourth-order valence-electron chi connectivity index (χ4n) is 2.80. The molecule has 0 spiro atoms. The second-order valence-corrected chi connectivity index (χ2v) is 6.47. The number of piperidine rings is 1. The average molecular weight is 324 g/mol. The van der Waals surface area contributed by atoms with Crippen molar-refractivity contribution in [3.63, 3.8) is 0 Å². The normalized spacial score (nSPS) is 15.9. The van der Waals surface area contributed by atoms with Gasteiger partial charge in [-0.3, -0.25) is 4.79 Å². The van der Waals surface area contributed by atoms with Gasteiger partial charge in [-0.25, -0.2) is 0 Å². The van der Waals surface area contributed by atoms with E-state index in [-0.39, 0.29) is 5.91 Å². The molecule has 1 aromatic rings. The smallest absolute Gasteiger partial charge is 0.222 e. The van der Waals surface area contributed by atoms with Crippen molar-refractivity contribution in [2.45, 2.75) is 31.7 Å². The fourth-order valence-corrected chi connectivity index (χ4v) is 3.06. The molecule has 0 bridgehead atoms. The molecule has 1 aliphatic rings. The molecule has 0 atom stereocenters. The predicted octanol–water partition coefficient (Wildman–Crippen LogP) is 2.77. The molecule has 1 fully saturated rings. The Morgan fingerprint density at radius 3 is 2.64 bits per heavy atom. The summed E-state index contributed by atoms with van der Waals surface area (Å²) >= 11 is 6.26. The van der Waals surface area contributed by atoms with Gasteiger partial charge in [0, 0.05) is 39.6 Å². The van der Waals surface area contributed by atoms with E-state index in [0.29, 0.717) is 12.5 Å². The third-order valence-electron chi connectivity index (χ3n) is 4.19. The molecule has 0 aromatic heterocycles. The summed E-state index contributed by atoms with van der Waals surface area (Å²) in [6, 6.07) is 8.59. The van der Waals surface area contributed by atoms with Crippen LogP contribution in [0, 0.1) is 0 Å². The lowest BCUT2D eigenvalue weighted by molar-refractivity contribution is -0.128. The predicted molar refractivity (Wildman–Crippen MR) is 92.6 cm³/mol. The maximum Gasteiger partial charge on any atom is 0.222 e. The molecule has 1 heterocycles. The van der Waals surface area contributed by atoms with E-state index >= 15 is 0 Å². The number of rotatable bonds is 6. The van der Waals surface area contributed by atoms with E-state index in [1.54, 1.807) is 19.0 Å². The first-order valence-electron chi connectivity index (χ1n) is 8.01. The molecule has 1 amide bonds. The number of nitrogens with zero attached hydrogens (tertiary/aromatic N) is 2. The number of hydrogen-bond acceptors (Lipinski definition) is 3. The lowest BCUT2D eigenvalue weighted by atomic mass is 10.0. The van der Waals surface area contributed by atoms with E-state index in [1.807, 2.05) is 18.2 Å². The van der Waals surface area contributed by atoms with Crippen molar-refractivity contribution < 1.29 is 4.79 Å². The molecular weight excluding hydrogens is 298 g/mol. The molecule has 1 aromatic carbocycles. The Bertz CT molecular complexity index is 485. The maximum atomic E-state index is 11.5. The number of para-hydroxylation sites is 1. The van der Waals surface area contributed by atoms with Crippen molar-refractivity contribution in [3.05, 3.63) is 29.3 Å². The van der Waals surface area contributed by atoms with Gasteiger partial charge in [0.05, 0.1) is 10.7 Å². The first-order valence-corrected chi connectivity index (χ1v) is 8.38. The molecule has 0 aliphatic carbocycles. The number of amides is 1. The van der Waals surface area contributed by atoms with Crippen LogP contribution in [0.1, 0.15) is 25.7 Å². The van der Waals surface area contributed by atoms with Crippen LogP contribution in [0.5, 0.6) is 0 Å². The Balaban J connectivity index is 1.67. The highest BCUT2D eigenvalue weighted by molar-refractivity contribution is 6.33. The average Bonchev–Trinajstić information content (AvgIpc) is 2.52. The minimum absolute atomic E-state index is 0.204. The first kappa shape index (κ1) is 17.1. The number of hydrogen-bond donors (Lipinski definition) is 1. The largest absolute Gasteiger partial charge is 0.370 e. The number of halogens is 1. The highest BCUT2D eigenvalue weighted by atomic mass is 35.5. The van der Waals surface area contributed by atoms with Gasteiger partial charge < -0.3 is 15.1 Å². The Morgan fingerprint density at radius 2 is 2.00 bits per heavy atom. The SMILES string of the molecule is CN(C)C(=O)CCCNC1CCN(c2ccccc2Cl)CC1. The summed E-state index contributed by atoms with van der Waals surface area (Å²) in [5.74, 6) is 0.204. The maximum absolute atomic E-state index is 11.5. The molecule has 4 nitrogen and oxygen atoms in total. The first-order chi connectivity index (χ1) is 10.6. The van der Waals surface area contributed by atoms with Gasteiger partial charge in [-0.2, -0.15) is 0 Å². The third-order valence-corrected chi connectivity index (χ3v) is 4.51. The summed E-state index contributed by atoms with van der Waals surface area (Å²) in [5, 5.41) is 4.40. The van der Waals surface area contributed by atoms with Crippen molar-refractivity contribution in [2.75, 3.05) is 38.6 Å². The van der Waals surface area contributed by atoms with Gasteiger partial charge in [-0.15, -0.1) is 0 Å². The molecular formula is C17H26ClN3O. The third kappa shape index (κ3) is 4.89. The van der Waals surface area contributed by atoms with Crippen molar-refractivity contribution in [3.8, 4) is 0 Å². The van der Waals surface area contributed by atoms with E-state index in [1.165, 1.54) is 0 Å². The number of carbonyl (C=O) groups excluding carboxylic acids is 1. The van der Waals surface area contributed by atoms with Crippen molar-refractivity contribution in [2.24, 2.45) is 0 Å². The van der Waals surface area contributed by atoms with Gasteiger partial charge in [-0.05, 0) is 37.9 Å². The van der Waals surface area contributed by atoms with Crippen molar-refractivity contribution in [1.29, 1.82) is 0 Å². The van der Waals surface area contributed by atoms with Crippen LogP contribution in [0.4, 0.5) is 5.69 Å². The van der Waals surface area contributed by atoms with Crippen LogP contribution in [0.3, 0.4) is 0 Å². The second-order valence-electron chi connectivity index (χ2n) is 6.06. The van der Waals surface area contributed by atoms with Gasteiger partial charge in [0.2, 0.25) is 5.91 Å². The van der Waals surface area contributed by atoms with Crippen LogP contribution in [0.2, 0.25) is 5.02 Å². The number of anilines is 1. The zero-order valence-corrected chi connectivity index (χ0v) is 14.3. The molecule has 1 N–H and O–H groups in total. The van der Waals surface area contributed by atoms with Crippen LogP contribution < -0.4 is 10.2 Å². The summed E-state index contributed by atoms with van der Waals surface area (Å²) in [4.78, 5) is 15.5. The number of carbonyl (C=O) groups is 1. The van der Waals surface area contributed by atoms with E-state index in [4.69, 9.17) is 11.6 Å². The molecule has 2 rings (SSSR count). The Labute approximate surface area is 138 Å². The standard InChI is InChI=1S/C17H26ClN3O/c1-20(2)17(22)8-5-11-19-14-9-12-21(13-10-14)16-7-4-3-6-15(16)18/h3-4,6-7,14,19H,5,8-13H2,1-2H3. The van der Waals surface area contributed by atoms with E-state index in [2.05, 4.69) is 16.3 Å². The molecule has 122 valence electrons. The van der Waals surface area contributed by atoms with Crippen LogP contribution in [0.25, 0.3) is 0 Å². The molecule has 0 saturated carbocycles. The lowest BCUT2D eigenvalue weighted by Gasteiger charge is -2.34. The summed E-state index contributed by atoms with van der Waals surface area (Å²) in [6.07, 6.45) is 3.76. The van der Waals surface area contributed by atoms with Crippen molar-refractivity contribution in [1.82, 2.24) is 10.2 Å². The Morgan fingerprint density at radius 1 is 1.32 bits per heavy atom. The molecule has 5 heteroatoms. The monoisotopic (exact) mass is 323 g/mol. The second kappa shape index (κ2) is 8.39. The van der Waals surface area contributed by atoms with Crippen LogP contribution >= 0.6 is 11.6 Å². The topological polar surface area (TPSA) is 35.6 Å². The number of benzene rings is 1. The number of nitrogens with one attached hydrogen (secondary N) is 1. The summed E-state index contributed by atoms with van der Waals surface area (Å²) < 4.78 is 0. The molecule has 22 heavy (non-hydrogen) atoms. The van der Waals surface area contributed by atoms with Crippen molar-refractivity contribution >= 4 is 23.2 Å². The van der Waals surface area contributed by atoms with Gasteiger partial charge in [0.25, 0.3) is 0 Å². The summed E-state index contributed by atoms with van der Waals surface area (Å²) in [6.45, 7) is 2.96. The quantitative estimate of drug-likeness (QED) is 0.818. The summed E-state index contributed by atoms with van der Waals surface area (Å²) in [5.41, 5.74) is 1.14. The lowest BCUT2D eigenvalue weighted by Crippen LogP contribution is -2.43. The zero-order valence-electron chi connectivity index (χ0n) is 13.5. The van der Waals surface area contributed by atoms with Crippen LogP contribution in [-0.2, 0) is 4.79 Å². The van der Waals surface area contributed by atoms with Gasteiger partial charge in [0.1, 0.15) is 0 Å².